The smallest absolute Gasteiger partial charge is 0.166 e. The molecule has 0 atom stereocenters. The minimum Gasteiger partial charge on any atom is -0.294 e. The fourth-order valence-corrected chi connectivity index (χ4v) is 2.85. The summed E-state index contributed by atoms with van der Waals surface area (Å²) in [7, 11) is 0. The van der Waals surface area contributed by atoms with E-state index < -0.39 is 0 Å². The van der Waals surface area contributed by atoms with Gasteiger partial charge in [-0.1, -0.05) is 65.8 Å². The van der Waals surface area contributed by atoms with Crippen LogP contribution in [-0.2, 0) is 6.42 Å². The number of Topliss-reactive ketones (excluding diaryl/α,β-unsaturated/α-hetero) is 1. The number of aryl methyl sites for hydroxylation is 1. The Morgan fingerprint density at radius 3 is 2.35 bits per heavy atom. The molecule has 0 saturated heterocycles. The second-order valence-electron chi connectivity index (χ2n) is 4.34. The van der Waals surface area contributed by atoms with Gasteiger partial charge in [-0.2, -0.15) is 0 Å². The molecule has 2 aromatic rings. The van der Waals surface area contributed by atoms with E-state index in [1.807, 2.05) is 24.3 Å². The fraction of sp³-hybridized carbons (Fsp3) is 0.125. The first kappa shape index (κ1) is 15.2. The molecule has 0 saturated carbocycles. The average Bonchev–Trinajstić information content (AvgIpc) is 2.45. The van der Waals surface area contributed by atoms with Gasteiger partial charge in [-0.05, 0) is 29.7 Å². The zero-order chi connectivity index (χ0) is 14.5. The first-order valence-corrected chi connectivity index (χ1v) is 7.36. The molecule has 0 aliphatic carbocycles. The van der Waals surface area contributed by atoms with Crippen molar-refractivity contribution in [2.75, 3.05) is 0 Å². The summed E-state index contributed by atoms with van der Waals surface area (Å²) in [6.07, 6.45) is 0.966. The summed E-state index contributed by atoms with van der Waals surface area (Å²) >= 11 is 17.0. The number of rotatable bonds is 5. The van der Waals surface area contributed by atoms with E-state index in [1.54, 1.807) is 23.6 Å². The zero-order valence-electron chi connectivity index (χ0n) is 10.6. The van der Waals surface area contributed by atoms with E-state index in [9.17, 15) is 4.79 Å². The van der Waals surface area contributed by atoms with Gasteiger partial charge in [0.2, 0.25) is 0 Å². The lowest BCUT2D eigenvalue weighted by Gasteiger charge is -2.07. The SMILES string of the molecule is O=C(CCc1ccccc1C=S)c1c(Cl)cccc1Cl. The van der Waals surface area contributed by atoms with E-state index in [4.69, 9.17) is 35.4 Å². The molecule has 4 heteroatoms. The third-order valence-electron chi connectivity index (χ3n) is 3.05. The third-order valence-corrected chi connectivity index (χ3v) is 3.93. The van der Waals surface area contributed by atoms with E-state index >= 15 is 0 Å². The number of carbonyl (C=O) groups is 1. The summed E-state index contributed by atoms with van der Waals surface area (Å²) in [5.41, 5.74) is 2.43. The van der Waals surface area contributed by atoms with Crippen LogP contribution in [0.5, 0.6) is 0 Å². The molecule has 1 nitrogen and oxygen atoms in total. The van der Waals surface area contributed by atoms with Crippen molar-refractivity contribution < 1.29 is 4.79 Å². The normalized spacial score (nSPS) is 10.3. The van der Waals surface area contributed by atoms with E-state index in [-0.39, 0.29) is 5.78 Å². The number of halogens is 2. The van der Waals surface area contributed by atoms with Gasteiger partial charge in [0.15, 0.2) is 5.78 Å². The predicted octanol–water partition coefficient (Wildman–Crippen LogP) is 5.16. The number of thiocarbonyl (C=S) groups is 1. The molecule has 20 heavy (non-hydrogen) atoms. The molecule has 0 spiro atoms. The Labute approximate surface area is 133 Å². The van der Waals surface area contributed by atoms with Crippen molar-refractivity contribution in [1.82, 2.24) is 0 Å². The molecule has 0 radical (unpaired) electrons. The van der Waals surface area contributed by atoms with Crippen LogP contribution in [0.3, 0.4) is 0 Å². The maximum Gasteiger partial charge on any atom is 0.166 e. The van der Waals surface area contributed by atoms with Crippen LogP contribution in [0.4, 0.5) is 0 Å². The standard InChI is InChI=1S/C16H12Cl2OS/c17-13-6-3-7-14(18)16(13)15(19)9-8-11-4-1-2-5-12(11)10-20/h1-7,10H,8-9H2. The van der Waals surface area contributed by atoms with Gasteiger partial charge in [-0.15, -0.1) is 0 Å². The van der Waals surface area contributed by atoms with Crippen LogP contribution in [-0.4, -0.2) is 11.2 Å². The van der Waals surface area contributed by atoms with Gasteiger partial charge in [0.25, 0.3) is 0 Å². The summed E-state index contributed by atoms with van der Waals surface area (Å²) in [5, 5.41) is 2.42. The lowest BCUT2D eigenvalue weighted by Crippen LogP contribution is -2.04. The molecule has 0 amide bonds. The van der Waals surface area contributed by atoms with Crippen molar-refractivity contribution in [3.63, 3.8) is 0 Å². The molecule has 0 aliphatic heterocycles. The van der Waals surface area contributed by atoms with Crippen molar-refractivity contribution in [1.29, 1.82) is 0 Å². The summed E-state index contributed by atoms with van der Waals surface area (Å²) in [6, 6.07) is 12.8. The molecule has 0 aliphatic rings. The lowest BCUT2D eigenvalue weighted by molar-refractivity contribution is 0.0983. The van der Waals surface area contributed by atoms with Crippen LogP contribution in [0, 0.1) is 0 Å². The quantitative estimate of drug-likeness (QED) is 0.559. The van der Waals surface area contributed by atoms with Gasteiger partial charge >= 0.3 is 0 Å². The fourth-order valence-electron chi connectivity index (χ4n) is 2.01. The van der Waals surface area contributed by atoms with Crippen molar-refractivity contribution in [3.8, 4) is 0 Å². The van der Waals surface area contributed by atoms with Crippen LogP contribution in [0.2, 0.25) is 10.0 Å². The summed E-state index contributed by atoms with van der Waals surface area (Å²) < 4.78 is 0. The molecule has 0 N–H and O–H groups in total. The largest absolute Gasteiger partial charge is 0.294 e. The van der Waals surface area contributed by atoms with Crippen molar-refractivity contribution in [2.45, 2.75) is 12.8 Å². The summed E-state index contributed by atoms with van der Waals surface area (Å²) in [5.74, 6) is -0.0558. The number of hydrogen-bond acceptors (Lipinski definition) is 2. The minimum absolute atomic E-state index is 0.0558. The van der Waals surface area contributed by atoms with Gasteiger partial charge < -0.3 is 0 Å². The molecular weight excluding hydrogens is 311 g/mol. The Kier molecular flexibility index (Phi) is 5.30. The van der Waals surface area contributed by atoms with Crippen molar-refractivity contribution in [3.05, 3.63) is 69.2 Å². The highest BCUT2D eigenvalue weighted by Crippen LogP contribution is 2.26. The molecule has 2 rings (SSSR count). The summed E-state index contributed by atoms with van der Waals surface area (Å²) in [6.45, 7) is 0. The molecule has 0 fully saturated rings. The van der Waals surface area contributed by atoms with Gasteiger partial charge in [0, 0.05) is 11.8 Å². The van der Waals surface area contributed by atoms with E-state index in [0.717, 1.165) is 11.1 Å². The van der Waals surface area contributed by atoms with Gasteiger partial charge in [0.05, 0.1) is 15.6 Å². The number of benzene rings is 2. The van der Waals surface area contributed by atoms with Gasteiger partial charge in [0.1, 0.15) is 0 Å². The van der Waals surface area contributed by atoms with Crippen LogP contribution in [0.1, 0.15) is 27.9 Å². The Balaban J connectivity index is 2.15. The second kappa shape index (κ2) is 6.98. The Morgan fingerprint density at radius 2 is 1.70 bits per heavy atom. The Hall–Kier alpha value is -1.22. The van der Waals surface area contributed by atoms with Crippen LogP contribution in [0.25, 0.3) is 0 Å². The maximum atomic E-state index is 12.3. The third kappa shape index (κ3) is 3.45. The Morgan fingerprint density at radius 1 is 1.05 bits per heavy atom. The Bertz CT molecular complexity index is 632. The molecular formula is C16H12Cl2OS. The zero-order valence-corrected chi connectivity index (χ0v) is 12.9. The van der Waals surface area contributed by atoms with Gasteiger partial charge in [-0.3, -0.25) is 4.79 Å². The summed E-state index contributed by atoms with van der Waals surface area (Å²) in [4.78, 5) is 12.3. The second-order valence-corrected chi connectivity index (χ2v) is 5.39. The molecule has 2 aromatic carbocycles. The average molecular weight is 323 g/mol. The molecule has 0 unspecified atom stereocenters. The van der Waals surface area contributed by atoms with E-state index in [2.05, 4.69) is 0 Å². The highest BCUT2D eigenvalue weighted by atomic mass is 35.5. The molecule has 0 bridgehead atoms. The van der Waals surface area contributed by atoms with E-state index in [1.165, 1.54) is 0 Å². The number of carbonyl (C=O) groups excluding carboxylic acids is 1. The maximum absolute atomic E-state index is 12.3. The van der Waals surface area contributed by atoms with Crippen LogP contribution < -0.4 is 0 Å². The van der Waals surface area contributed by atoms with E-state index in [0.29, 0.717) is 28.5 Å². The van der Waals surface area contributed by atoms with Crippen LogP contribution in [0.15, 0.2) is 42.5 Å². The molecule has 102 valence electrons. The monoisotopic (exact) mass is 322 g/mol. The van der Waals surface area contributed by atoms with Crippen molar-refractivity contribution >= 4 is 46.6 Å². The minimum atomic E-state index is -0.0558. The first-order chi connectivity index (χ1) is 9.63. The van der Waals surface area contributed by atoms with Gasteiger partial charge in [-0.25, -0.2) is 0 Å². The number of ketones is 1. The molecule has 0 heterocycles. The highest BCUT2D eigenvalue weighted by molar-refractivity contribution is 7.79. The predicted molar refractivity (Wildman–Crippen MR) is 88.3 cm³/mol. The lowest BCUT2D eigenvalue weighted by atomic mass is 10.00. The van der Waals surface area contributed by atoms with Crippen LogP contribution >= 0.6 is 35.4 Å². The molecule has 0 aromatic heterocycles. The highest BCUT2D eigenvalue weighted by Gasteiger charge is 2.14. The first-order valence-electron chi connectivity index (χ1n) is 6.13. The topological polar surface area (TPSA) is 17.1 Å². The number of hydrogen-bond donors (Lipinski definition) is 0. The van der Waals surface area contributed by atoms with Crippen molar-refractivity contribution in [2.24, 2.45) is 0 Å².